The number of Topliss-reactive ketones (excluding diaryl/α,β-unsaturated/α-hetero) is 1. The van der Waals surface area contributed by atoms with Crippen molar-refractivity contribution in [1.82, 2.24) is 19.6 Å². The van der Waals surface area contributed by atoms with Crippen LogP contribution in [0.4, 0.5) is 0 Å². The lowest BCUT2D eigenvalue weighted by Crippen LogP contribution is -2.47. The fourth-order valence-electron chi connectivity index (χ4n) is 6.37. The number of allylic oxidation sites excluding steroid dienone is 1. The Balaban J connectivity index is 1.29. The third-order valence-electron chi connectivity index (χ3n) is 10.0. The Morgan fingerprint density at radius 1 is 1.09 bits per heavy atom. The molecule has 1 aromatic heterocycles. The number of carbonyl (C=O) groups is 3. The first kappa shape index (κ1) is 32.8. The molecule has 2 aliphatic carbocycles. The van der Waals surface area contributed by atoms with Gasteiger partial charge in [-0.2, -0.15) is 4.98 Å². The van der Waals surface area contributed by atoms with Crippen molar-refractivity contribution < 1.29 is 27.5 Å². The molecule has 248 valence electrons. The summed E-state index contributed by atoms with van der Waals surface area (Å²) in [5, 5.41) is 0.141. The Morgan fingerprint density at radius 2 is 1.77 bits per heavy atom. The highest BCUT2D eigenvalue weighted by Crippen LogP contribution is 2.57. The largest absolute Gasteiger partial charge is 0.472 e. The highest BCUT2D eigenvalue weighted by Gasteiger charge is 2.61. The number of nitrogens with one attached hydrogen (secondary N) is 1. The van der Waals surface area contributed by atoms with Crippen molar-refractivity contribution >= 4 is 38.5 Å². The number of fused-ring (bicyclic) bond motifs is 1. The summed E-state index contributed by atoms with van der Waals surface area (Å²) in [6.07, 6.45) is 2.40. The first-order valence-corrected chi connectivity index (χ1v) is 17.8. The van der Waals surface area contributed by atoms with Crippen LogP contribution in [0.2, 0.25) is 0 Å². The number of benzene rings is 2. The van der Waals surface area contributed by atoms with E-state index < -0.39 is 44.7 Å². The SMILES string of the molecule is C=C[C@@H]1C[C@]1(CC(=O)C1C[C@@H](Oc2nc(-c3ccccc3)nc3ccccc23)CN1C(=O)[C@@H](C)C(C)(C)C)C(=O)NS(=O)(=O)C1CC1. The maximum Gasteiger partial charge on any atom is 0.240 e. The molecule has 3 fully saturated rings. The number of para-hydroxylation sites is 1. The summed E-state index contributed by atoms with van der Waals surface area (Å²) >= 11 is 0. The van der Waals surface area contributed by atoms with Crippen LogP contribution in [0, 0.1) is 22.7 Å². The highest BCUT2D eigenvalue weighted by atomic mass is 32.2. The van der Waals surface area contributed by atoms with Crippen LogP contribution in [0.25, 0.3) is 22.3 Å². The van der Waals surface area contributed by atoms with E-state index in [2.05, 4.69) is 11.3 Å². The van der Waals surface area contributed by atoms with E-state index in [1.807, 2.05) is 82.3 Å². The minimum absolute atomic E-state index is 0.162. The number of nitrogens with zero attached hydrogens (tertiary/aromatic N) is 3. The molecule has 1 unspecified atom stereocenters. The van der Waals surface area contributed by atoms with E-state index in [0.717, 1.165) is 5.56 Å². The molecule has 2 aromatic carbocycles. The van der Waals surface area contributed by atoms with Gasteiger partial charge in [0, 0.05) is 24.3 Å². The van der Waals surface area contributed by atoms with Gasteiger partial charge >= 0.3 is 0 Å². The fraction of sp³-hybridized carbons (Fsp3) is 0.472. The van der Waals surface area contributed by atoms with E-state index in [1.165, 1.54) is 0 Å². The maximum atomic E-state index is 14.2. The Morgan fingerprint density at radius 3 is 2.40 bits per heavy atom. The predicted octanol–water partition coefficient (Wildman–Crippen LogP) is 5.09. The van der Waals surface area contributed by atoms with Crippen molar-refractivity contribution in [1.29, 1.82) is 0 Å². The fourth-order valence-corrected chi connectivity index (χ4v) is 7.76. The smallest absolute Gasteiger partial charge is 0.240 e. The summed E-state index contributed by atoms with van der Waals surface area (Å²) in [6.45, 7) is 11.8. The van der Waals surface area contributed by atoms with E-state index in [9.17, 15) is 22.8 Å². The summed E-state index contributed by atoms with van der Waals surface area (Å²) in [6, 6.07) is 16.3. The van der Waals surface area contributed by atoms with Crippen molar-refractivity contribution in [3.63, 3.8) is 0 Å². The van der Waals surface area contributed by atoms with Crippen LogP contribution in [-0.2, 0) is 24.4 Å². The lowest BCUT2D eigenvalue weighted by atomic mass is 9.81. The van der Waals surface area contributed by atoms with Crippen molar-refractivity contribution in [2.24, 2.45) is 22.7 Å². The molecular weight excluding hydrogens is 616 g/mol. The van der Waals surface area contributed by atoms with Crippen LogP contribution in [-0.4, -0.2) is 64.8 Å². The third-order valence-corrected chi connectivity index (χ3v) is 11.8. The number of hydrogen-bond donors (Lipinski definition) is 1. The zero-order valence-corrected chi connectivity index (χ0v) is 28.1. The minimum atomic E-state index is -3.79. The Bertz CT molecular complexity index is 1830. The molecule has 2 saturated carbocycles. The number of hydrogen-bond acceptors (Lipinski definition) is 8. The number of ketones is 1. The van der Waals surface area contributed by atoms with E-state index in [-0.39, 0.29) is 42.4 Å². The molecule has 47 heavy (non-hydrogen) atoms. The second-order valence-electron chi connectivity index (χ2n) is 14.3. The van der Waals surface area contributed by atoms with Gasteiger partial charge in [0.05, 0.1) is 34.2 Å². The van der Waals surface area contributed by atoms with Gasteiger partial charge in [-0.1, -0.05) is 76.2 Å². The number of rotatable bonds is 11. The predicted molar refractivity (Wildman–Crippen MR) is 179 cm³/mol. The van der Waals surface area contributed by atoms with E-state index in [0.29, 0.717) is 41.9 Å². The first-order chi connectivity index (χ1) is 22.2. The van der Waals surface area contributed by atoms with E-state index >= 15 is 0 Å². The summed E-state index contributed by atoms with van der Waals surface area (Å²) < 4.78 is 34.0. The molecular formula is C36H42N4O6S. The van der Waals surface area contributed by atoms with Crippen molar-refractivity contribution in [2.75, 3.05) is 6.54 Å². The highest BCUT2D eigenvalue weighted by molar-refractivity contribution is 7.90. The molecule has 0 radical (unpaired) electrons. The molecule has 3 aromatic rings. The van der Waals surface area contributed by atoms with Crippen LogP contribution in [0.15, 0.2) is 67.3 Å². The lowest BCUT2D eigenvalue weighted by molar-refractivity contribution is -0.144. The van der Waals surface area contributed by atoms with Crippen molar-refractivity contribution in [3.05, 3.63) is 67.3 Å². The van der Waals surface area contributed by atoms with Gasteiger partial charge in [-0.25, -0.2) is 13.4 Å². The zero-order valence-electron chi connectivity index (χ0n) is 27.3. The number of aromatic nitrogens is 2. The maximum absolute atomic E-state index is 14.2. The Hall–Kier alpha value is -4.12. The molecule has 5 atom stereocenters. The van der Waals surface area contributed by atoms with Crippen LogP contribution < -0.4 is 9.46 Å². The summed E-state index contributed by atoms with van der Waals surface area (Å²) in [4.78, 5) is 52.7. The average molecular weight is 659 g/mol. The quantitative estimate of drug-likeness (QED) is 0.282. The molecule has 3 aliphatic rings. The molecule has 2 amide bonds. The number of amides is 2. The van der Waals surface area contributed by atoms with Gasteiger partial charge in [0.15, 0.2) is 11.6 Å². The van der Waals surface area contributed by atoms with Crippen LogP contribution >= 0.6 is 0 Å². The van der Waals surface area contributed by atoms with Crippen molar-refractivity contribution in [2.45, 2.75) is 77.2 Å². The van der Waals surface area contributed by atoms with Crippen LogP contribution in [0.1, 0.15) is 59.8 Å². The molecule has 11 heteroatoms. The van der Waals surface area contributed by atoms with E-state index in [1.54, 1.807) is 11.0 Å². The minimum Gasteiger partial charge on any atom is -0.472 e. The molecule has 2 heterocycles. The van der Waals surface area contributed by atoms with Gasteiger partial charge in [-0.3, -0.25) is 19.1 Å². The second kappa shape index (κ2) is 12.2. The number of carbonyl (C=O) groups excluding carboxylic acids is 3. The van der Waals surface area contributed by atoms with Crippen molar-refractivity contribution in [3.8, 4) is 17.3 Å². The van der Waals surface area contributed by atoms with Gasteiger partial charge in [0.25, 0.3) is 0 Å². The molecule has 10 nitrogen and oxygen atoms in total. The summed E-state index contributed by atoms with van der Waals surface area (Å²) in [5.41, 5.74) is -0.0430. The third kappa shape index (κ3) is 6.54. The zero-order chi connectivity index (χ0) is 33.7. The van der Waals surface area contributed by atoms with Gasteiger partial charge in [0.2, 0.25) is 27.7 Å². The Labute approximate surface area is 276 Å². The van der Waals surface area contributed by atoms with Gasteiger partial charge in [-0.05, 0) is 42.7 Å². The summed E-state index contributed by atoms with van der Waals surface area (Å²) in [5.74, 6) is -1.02. The number of sulfonamides is 1. The summed E-state index contributed by atoms with van der Waals surface area (Å²) in [7, 11) is -3.79. The number of ether oxygens (including phenoxy) is 1. The molecule has 0 bridgehead atoms. The standard InChI is InChI=1S/C36H42N4O6S/c1-6-24-19-36(24,34(43)39-47(44,45)26-16-17-26)20-30(41)29-18-25(21-40(29)33(42)22(2)35(3,4)5)46-32-27-14-10-11-15-28(27)37-31(38-32)23-12-8-7-9-13-23/h6-15,22,24-26,29H,1,16-21H2,2-5H3,(H,39,43)/t22-,24-,25-,29?,36-/m1/s1. The second-order valence-corrected chi connectivity index (χ2v) is 16.3. The van der Waals surface area contributed by atoms with E-state index in [4.69, 9.17) is 14.7 Å². The first-order valence-electron chi connectivity index (χ1n) is 16.2. The van der Waals surface area contributed by atoms with Crippen LogP contribution in [0.3, 0.4) is 0 Å². The average Bonchev–Trinajstić information content (AvgIpc) is 3.97. The van der Waals surface area contributed by atoms with Crippen LogP contribution in [0.5, 0.6) is 5.88 Å². The molecule has 1 aliphatic heterocycles. The number of likely N-dealkylation sites (tertiary alicyclic amines) is 1. The topological polar surface area (TPSA) is 136 Å². The molecule has 1 saturated heterocycles. The monoisotopic (exact) mass is 658 g/mol. The lowest BCUT2D eigenvalue weighted by Gasteiger charge is -2.33. The van der Waals surface area contributed by atoms with Gasteiger partial charge in [0.1, 0.15) is 6.10 Å². The van der Waals surface area contributed by atoms with Gasteiger partial charge < -0.3 is 9.64 Å². The Kier molecular flexibility index (Phi) is 8.48. The molecule has 0 spiro atoms. The molecule has 6 rings (SSSR count). The molecule has 1 N–H and O–H groups in total. The normalized spacial score (nSPS) is 24.9. The van der Waals surface area contributed by atoms with Gasteiger partial charge in [-0.15, -0.1) is 6.58 Å².